The fourth-order valence-electron chi connectivity index (χ4n) is 2.12. The summed E-state index contributed by atoms with van der Waals surface area (Å²) < 4.78 is 5.14. The van der Waals surface area contributed by atoms with E-state index in [1.807, 2.05) is 30.3 Å². The van der Waals surface area contributed by atoms with Gasteiger partial charge in [-0.2, -0.15) is 0 Å². The first-order chi connectivity index (χ1) is 12.5. The molecule has 1 N–H and O–H groups in total. The fraction of sp³-hybridized carbons (Fsp3) is 0.250. The van der Waals surface area contributed by atoms with Gasteiger partial charge >= 0.3 is 5.97 Å². The van der Waals surface area contributed by atoms with Crippen LogP contribution in [-0.4, -0.2) is 29.5 Å². The van der Waals surface area contributed by atoms with Crippen LogP contribution in [0.2, 0.25) is 0 Å². The summed E-state index contributed by atoms with van der Waals surface area (Å²) in [4.78, 5) is 36.1. The van der Waals surface area contributed by atoms with E-state index in [9.17, 15) is 14.4 Å². The Morgan fingerprint density at radius 3 is 2.31 bits per heavy atom. The first-order valence-corrected chi connectivity index (χ1v) is 9.08. The first kappa shape index (κ1) is 19.7. The maximum Gasteiger partial charge on any atom is 0.319 e. The highest BCUT2D eigenvalue weighted by Crippen LogP contribution is 2.23. The third kappa shape index (κ3) is 6.37. The van der Waals surface area contributed by atoms with Gasteiger partial charge in [0, 0.05) is 23.9 Å². The molecule has 1 atom stereocenters. The molecule has 0 heterocycles. The molecule has 0 aliphatic heterocycles. The average molecular weight is 371 g/mol. The Bertz CT molecular complexity index is 759. The summed E-state index contributed by atoms with van der Waals surface area (Å²) in [6.07, 6.45) is 0. The third-order valence-electron chi connectivity index (χ3n) is 3.55. The number of esters is 1. The van der Waals surface area contributed by atoms with Crippen molar-refractivity contribution in [3.8, 4) is 0 Å². The Hall–Kier alpha value is -2.60. The molecular formula is C20H21NO4S. The van der Waals surface area contributed by atoms with Crippen molar-refractivity contribution in [3.05, 3.63) is 65.7 Å². The smallest absolute Gasteiger partial charge is 0.319 e. The second-order valence-corrected chi connectivity index (χ2v) is 7.12. The molecule has 0 saturated carbocycles. The maximum absolute atomic E-state index is 12.2. The molecule has 0 saturated heterocycles. The van der Waals surface area contributed by atoms with Gasteiger partial charge in [-0.05, 0) is 24.6 Å². The number of hydrogen-bond donors (Lipinski definition) is 1. The van der Waals surface area contributed by atoms with Crippen molar-refractivity contribution in [2.24, 2.45) is 0 Å². The van der Waals surface area contributed by atoms with Crippen molar-refractivity contribution in [3.63, 3.8) is 0 Å². The summed E-state index contributed by atoms with van der Waals surface area (Å²) in [7, 11) is 0. The van der Waals surface area contributed by atoms with Gasteiger partial charge in [-0.15, -0.1) is 11.8 Å². The summed E-state index contributed by atoms with van der Waals surface area (Å²) in [6, 6.07) is 16.4. The topological polar surface area (TPSA) is 72.5 Å². The number of hydrogen-bond acceptors (Lipinski definition) is 5. The average Bonchev–Trinajstić information content (AvgIpc) is 2.65. The number of ketones is 1. The number of rotatable bonds is 8. The van der Waals surface area contributed by atoms with Crippen LogP contribution in [0.25, 0.3) is 0 Å². The molecule has 5 nitrogen and oxygen atoms in total. The van der Waals surface area contributed by atoms with Crippen molar-refractivity contribution in [1.29, 1.82) is 0 Å². The van der Waals surface area contributed by atoms with Gasteiger partial charge in [-0.1, -0.05) is 42.5 Å². The summed E-state index contributed by atoms with van der Waals surface area (Å²) in [5.74, 6) is -0.796. The molecule has 0 radical (unpaired) electrons. The molecule has 0 aromatic heterocycles. The van der Waals surface area contributed by atoms with E-state index in [-0.39, 0.29) is 18.3 Å². The zero-order valence-electron chi connectivity index (χ0n) is 14.7. The molecule has 136 valence electrons. The van der Waals surface area contributed by atoms with Crippen molar-refractivity contribution in [2.75, 3.05) is 6.61 Å². The van der Waals surface area contributed by atoms with Crippen molar-refractivity contribution in [2.45, 2.75) is 30.5 Å². The predicted molar refractivity (Wildman–Crippen MR) is 101 cm³/mol. The zero-order valence-corrected chi connectivity index (χ0v) is 15.5. The van der Waals surface area contributed by atoms with Crippen molar-refractivity contribution in [1.82, 2.24) is 5.32 Å². The van der Waals surface area contributed by atoms with Crippen LogP contribution >= 0.6 is 11.8 Å². The number of nitrogens with one attached hydrogen (secondary N) is 1. The maximum atomic E-state index is 12.2. The van der Waals surface area contributed by atoms with E-state index in [0.29, 0.717) is 12.1 Å². The molecule has 0 aliphatic rings. The highest BCUT2D eigenvalue weighted by Gasteiger charge is 2.17. The van der Waals surface area contributed by atoms with Crippen LogP contribution in [0.3, 0.4) is 0 Å². The van der Waals surface area contributed by atoms with E-state index in [0.717, 1.165) is 10.5 Å². The number of carbonyl (C=O) groups excluding carboxylic acids is 3. The number of amides is 1. The Morgan fingerprint density at radius 1 is 1.04 bits per heavy atom. The minimum atomic E-state index is -0.422. The molecule has 2 rings (SSSR count). The van der Waals surface area contributed by atoms with E-state index >= 15 is 0 Å². The molecule has 26 heavy (non-hydrogen) atoms. The minimum absolute atomic E-state index is 0.112. The van der Waals surface area contributed by atoms with Gasteiger partial charge in [-0.3, -0.25) is 14.4 Å². The highest BCUT2D eigenvalue weighted by atomic mass is 32.2. The lowest BCUT2D eigenvalue weighted by Gasteiger charge is -2.11. The quantitative estimate of drug-likeness (QED) is 0.438. The largest absolute Gasteiger partial charge is 0.456 e. The summed E-state index contributed by atoms with van der Waals surface area (Å²) in [6.45, 7) is 3.32. The van der Waals surface area contributed by atoms with Crippen LogP contribution in [-0.2, 0) is 20.9 Å². The van der Waals surface area contributed by atoms with E-state index in [1.165, 1.54) is 18.7 Å². The number of benzene rings is 2. The molecule has 0 fully saturated rings. The Morgan fingerprint density at radius 2 is 1.69 bits per heavy atom. The predicted octanol–water partition coefficient (Wildman–Crippen LogP) is 3.23. The van der Waals surface area contributed by atoms with Crippen LogP contribution in [0, 0.1) is 0 Å². The molecule has 0 bridgehead atoms. The second-order valence-electron chi connectivity index (χ2n) is 5.71. The first-order valence-electron chi connectivity index (χ1n) is 8.20. The van der Waals surface area contributed by atoms with Crippen LogP contribution in [0.1, 0.15) is 29.8 Å². The molecule has 6 heteroatoms. The Balaban J connectivity index is 1.81. The molecule has 0 spiro atoms. The third-order valence-corrected chi connectivity index (χ3v) is 4.64. The minimum Gasteiger partial charge on any atom is -0.456 e. The highest BCUT2D eigenvalue weighted by molar-refractivity contribution is 8.00. The molecule has 1 amide bonds. The number of ether oxygens (including phenoxy) is 1. The Kier molecular flexibility index (Phi) is 7.41. The molecule has 2 aromatic rings. The lowest BCUT2D eigenvalue weighted by molar-refractivity contribution is -0.141. The van der Waals surface area contributed by atoms with Gasteiger partial charge in [0.15, 0.2) is 12.4 Å². The van der Waals surface area contributed by atoms with E-state index < -0.39 is 11.2 Å². The number of carbonyl (C=O) groups is 3. The van der Waals surface area contributed by atoms with Crippen molar-refractivity contribution < 1.29 is 19.1 Å². The monoisotopic (exact) mass is 371 g/mol. The lowest BCUT2D eigenvalue weighted by Crippen LogP contribution is -2.21. The second kappa shape index (κ2) is 9.77. The van der Waals surface area contributed by atoms with E-state index in [2.05, 4.69) is 5.32 Å². The Labute approximate surface area is 157 Å². The molecule has 0 unspecified atom stereocenters. The summed E-state index contributed by atoms with van der Waals surface area (Å²) >= 11 is 1.39. The van der Waals surface area contributed by atoms with Crippen LogP contribution in [0.4, 0.5) is 0 Å². The van der Waals surface area contributed by atoms with E-state index in [4.69, 9.17) is 4.74 Å². The fourth-order valence-corrected chi connectivity index (χ4v) is 3.01. The van der Waals surface area contributed by atoms with Gasteiger partial charge in [0.25, 0.3) is 0 Å². The van der Waals surface area contributed by atoms with Gasteiger partial charge in [0.1, 0.15) is 5.25 Å². The normalized spacial score (nSPS) is 11.5. The number of Topliss-reactive ketones (excluding diaryl/α,β-unsaturated/α-hetero) is 1. The standard InChI is InChI=1S/C20H21NO4S/c1-14(26-18-6-4-3-5-7-18)20(24)25-13-19(23)17-10-8-16(9-11-17)12-21-15(2)22/h3-11,14H,12-13H2,1-2H3,(H,21,22)/t14-/m0/s1. The summed E-state index contributed by atoms with van der Waals surface area (Å²) in [5.41, 5.74) is 1.36. The van der Waals surface area contributed by atoms with Crippen molar-refractivity contribution >= 4 is 29.4 Å². The number of thioether (sulfide) groups is 1. The van der Waals surface area contributed by atoms with Gasteiger partial charge in [-0.25, -0.2) is 0 Å². The molecule has 0 aliphatic carbocycles. The lowest BCUT2D eigenvalue weighted by atomic mass is 10.1. The van der Waals surface area contributed by atoms with Gasteiger partial charge < -0.3 is 10.1 Å². The van der Waals surface area contributed by atoms with Gasteiger partial charge in [0.05, 0.1) is 0 Å². The van der Waals surface area contributed by atoms with Gasteiger partial charge in [0.2, 0.25) is 5.91 Å². The van der Waals surface area contributed by atoms with Crippen LogP contribution in [0.5, 0.6) is 0 Å². The van der Waals surface area contributed by atoms with Crippen LogP contribution < -0.4 is 5.32 Å². The molecular weight excluding hydrogens is 350 g/mol. The van der Waals surface area contributed by atoms with E-state index in [1.54, 1.807) is 31.2 Å². The summed E-state index contributed by atoms with van der Waals surface area (Å²) in [5, 5.41) is 2.29. The molecule has 2 aromatic carbocycles. The SMILES string of the molecule is CC(=O)NCc1ccc(C(=O)COC(=O)[C@H](C)Sc2ccccc2)cc1. The van der Waals surface area contributed by atoms with Crippen LogP contribution in [0.15, 0.2) is 59.5 Å². The zero-order chi connectivity index (χ0) is 18.9.